The molecule has 2 aromatic rings. The van der Waals surface area contributed by atoms with Gasteiger partial charge in [0.15, 0.2) is 0 Å². The number of nitrogen functional groups attached to an aromatic ring is 1. The maximum atomic E-state index is 13.3. The van der Waals surface area contributed by atoms with Gasteiger partial charge in [-0.2, -0.15) is 0 Å². The van der Waals surface area contributed by atoms with Crippen LogP contribution in [0.1, 0.15) is 5.56 Å². The minimum atomic E-state index is -0.445. The van der Waals surface area contributed by atoms with Crippen LogP contribution >= 0.6 is 0 Å². The van der Waals surface area contributed by atoms with E-state index in [-0.39, 0.29) is 11.5 Å². The Kier molecular flexibility index (Phi) is 3.23. The predicted molar refractivity (Wildman–Crippen MR) is 64.5 cm³/mol. The summed E-state index contributed by atoms with van der Waals surface area (Å²) in [6.07, 6.45) is 0. The summed E-state index contributed by atoms with van der Waals surface area (Å²) in [4.78, 5) is 0. The van der Waals surface area contributed by atoms with Gasteiger partial charge >= 0.3 is 0 Å². The van der Waals surface area contributed by atoms with Crippen molar-refractivity contribution in [1.29, 1.82) is 0 Å². The molecule has 88 valence electrons. The zero-order valence-corrected chi connectivity index (χ0v) is 9.08. The third kappa shape index (κ3) is 2.72. The number of benzene rings is 2. The molecule has 0 saturated heterocycles. The summed E-state index contributed by atoms with van der Waals surface area (Å²) < 4.78 is 26.2. The Labute approximate surface area is 98.1 Å². The van der Waals surface area contributed by atoms with Gasteiger partial charge in [0.05, 0.1) is 11.4 Å². The van der Waals surface area contributed by atoms with Gasteiger partial charge in [0.1, 0.15) is 11.6 Å². The molecule has 0 spiro atoms. The predicted octanol–water partition coefficient (Wildman–Crippen LogP) is 3.16. The van der Waals surface area contributed by atoms with E-state index in [1.807, 2.05) is 0 Å². The van der Waals surface area contributed by atoms with Gasteiger partial charge in [-0.1, -0.05) is 18.2 Å². The number of hydrogen-bond donors (Lipinski definition) is 2. The van der Waals surface area contributed by atoms with Gasteiger partial charge in [-0.25, -0.2) is 8.78 Å². The second-order valence-corrected chi connectivity index (χ2v) is 3.69. The van der Waals surface area contributed by atoms with E-state index >= 15 is 0 Å². The van der Waals surface area contributed by atoms with Gasteiger partial charge in [-0.05, 0) is 29.8 Å². The van der Waals surface area contributed by atoms with E-state index in [2.05, 4.69) is 5.32 Å². The van der Waals surface area contributed by atoms with Crippen LogP contribution in [0.25, 0.3) is 0 Å². The molecule has 0 aromatic heterocycles. The number of halogens is 2. The van der Waals surface area contributed by atoms with Crippen LogP contribution in [0.2, 0.25) is 0 Å². The third-order valence-corrected chi connectivity index (χ3v) is 2.42. The topological polar surface area (TPSA) is 38.0 Å². The van der Waals surface area contributed by atoms with Crippen molar-refractivity contribution in [3.63, 3.8) is 0 Å². The second kappa shape index (κ2) is 4.82. The average Bonchev–Trinajstić information content (AvgIpc) is 2.32. The van der Waals surface area contributed by atoms with Crippen molar-refractivity contribution >= 4 is 11.4 Å². The molecule has 0 unspecified atom stereocenters. The lowest BCUT2D eigenvalue weighted by molar-refractivity contribution is 0.629. The van der Waals surface area contributed by atoms with Gasteiger partial charge in [0.25, 0.3) is 0 Å². The van der Waals surface area contributed by atoms with E-state index in [0.717, 1.165) is 5.56 Å². The Balaban J connectivity index is 2.08. The van der Waals surface area contributed by atoms with Gasteiger partial charge < -0.3 is 11.1 Å². The van der Waals surface area contributed by atoms with Crippen LogP contribution in [0.5, 0.6) is 0 Å². The van der Waals surface area contributed by atoms with Crippen LogP contribution in [0.15, 0.2) is 42.5 Å². The Morgan fingerprint density at radius 2 is 1.76 bits per heavy atom. The molecule has 0 atom stereocenters. The minimum absolute atomic E-state index is 0.0952. The Hall–Kier alpha value is -2.10. The van der Waals surface area contributed by atoms with E-state index in [0.29, 0.717) is 12.2 Å². The maximum absolute atomic E-state index is 13.3. The Bertz CT molecular complexity index is 527. The molecule has 2 aromatic carbocycles. The van der Waals surface area contributed by atoms with Crippen molar-refractivity contribution in [3.05, 3.63) is 59.7 Å². The first-order valence-corrected chi connectivity index (χ1v) is 5.19. The van der Waals surface area contributed by atoms with Gasteiger partial charge in [0.2, 0.25) is 0 Å². The lowest BCUT2D eigenvalue weighted by Crippen LogP contribution is -2.02. The highest BCUT2D eigenvalue weighted by Gasteiger charge is 2.02. The highest BCUT2D eigenvalue weighted by Crippen LogP contribution is 2.16. The normalized spacial score (nSPS) is 10.2. The molecule has 0 aliphatic rings. The fourth-order valence-electron chi connectivity index (χ4n) is 1.51. The summed E-state index contributed by atoms with van der Waals surface area (Å²) in [5, 5.41) is 2.92. The van der Waals surface area contributed by atoms with Crippen LogP contribution in [0, 0.1) is 11.6 Å². The fraction of sp³-hybridized carbons (Fsp3) is 0.0769. The molecule has 0 amide bonds. The summed E-state index contributed by atoms with van der Waals surface area (Å²) in [5.74, 6) is -0.762. The molecule has 0 aliphatic carbocycles. The summed E-state index contributed by atoms with van der Waals surface area (Å²) in [6, 6.07) is 10.8. The SMILES string of the molecule is Nc1cc(CNc2ccccc2F)ccc1F. The number of nitrogens with one attached hydrogen (secondary N) is 1. The summed E-state index contributed by atoms with van der Waals surface area (Å²) >= 11 is 0. The average molecular weight is 234 g/mol. The van der Waals surface area contributed by atoms with E-state index in [9.17, 15) is 8.78 Å². The molecule has 3 N–H and O–H groups in total. The number of para-hydroxylation sites is 1. The van der Waals surface area contributed by atoms with Crippen LogP contribution in [0.4, 0.5) is 20.2 Å². The first-order valence-electron chi connectivity index (χ1n) is 5.19. The van der Waals surface area contributed by atoms with Gasteiger partial charge in [-0.15, -0.1) is 0 Å². The quantitative estimate of drug-likeness (QED) is 0.800. The molecule has 0 saturated carbocycles. The molecule has 0 bridgehead atoms. The van der Waals surface area contributed by atoms with E-state index in [4.69, 9.17) is 5.73 Å². The van der Waals surface area contributed by atoms with E-state index in [1.54, 1.807) is 24.3 Å². The van der Waals surface area contributed by atoms with Crippen LogP contribution < -0.4 is 11.1 Å². The summed E-state index contributed by atoms with van der Waals surface area (Å²) in [7, 11) is 0. The van der Waals surface area contributed by atoms with Crippen molar-refractivity contribution < 1.29 is 8.78 Å². The lowest BCUT2D eigenvalue weighted by atomic mass is 10.2. The largest absolute Gasteiger partial charge is 0.396 e. The van der Waals surface area contributed by atoms with Crippen molar-refractivity contribution in [2.75, 3.05) is 11.1 Å². The standard InChI is InChI=1S/C13H12F2N2/c14-10-6-5-9(7-12(10)16)8-17-13-4-2-1-3-11(13)15/h1-7,17H,8,16H2. The molecular formula is C13H12F2N2. The van der Waals surface area contributed by atoms with Crippen LogP contribution in [0.3, 0.4) is 0 Å². The first-order chi connectivity index (χ1) is 8.16. The molecule has 0 heterocycles. The molecule has 0 aliphatic heterocycles. The molecule has 2 rings (SSSR count). The zero-order valence-electron chi connectivity index (χ0n) is 9.08. The highest BCUT2D eigenvalue weighted by molar-refractivity contribution is 5.47. The number of hydrogen-bond acceptors (Lipinski definition) is 2. The van der Waals surface area contributed by atoms with Crippen molar-refractivity contribution in [2.24, 2.45) is 0 Å². The number of anilines is 2. The fourth-order valence-corrected chi connectivity index (χ4v) is 1.51. The minimum Gasteiger partial charge on any atom is -0.396 e. The highest BCUT2D eigenvalue weighted by atomic mass is 19.1. The molecule has 0 radical (unpaired) electrons. The second-order valence-electron chi connectivity index (χ2n) is 3.69. The van der Waals surface area contributed by atoms with Crippen LogP contribution in [-0.4, -0.2) is 0 Å². The number of nitrogens with two attached hydrogens (primary N) is 1. The van der Waals surface area contributed by atoms with E-state index in [1.165, 1.54) is 18.2 Å². The molecule has 2 nitrogen and oxygen atoms in total. The third-order valence-electron chi connectivity index (χ3n) is 2.42. The van der Waals surface area contributed by atoms with Crippen molar-refractivity contribution in [1.82, 2.24) is 0 Å². The molecule has 17 heavy (non-hydrogen) atoms. The molecule has 4 heteroatoms. The lowest BCUT2D eigenvalue weighted by Gasteiger charge is -2.08. The zero-order chi connectivity index (χ0) is 12.3. The molecule has 0 fully saturated rings. The smallest absolute Gasteiger partial charge is 0.146 e. The van der Waals surface area contributed by atoms with Crippen molar-refractivity contribution in [3.8, 4) is 0 Å². The summed E-state index contributed by atoms with van der Waals surface area (Å²) in [6.45, 7) is 0.394. The maximum Gasteiger partial charge on any atom is 0.146 e. The summed E-state index contributed by atoms with van der Waals surface area (Å²) in [5.41, 5.74) is 6.75. The molecular weight excluding hydrogens is 222 g/mol. The van der Waals surface area contributed by atoms with Gasteiger partial charge in [-0.3, -0.25) is 0 Å². The first kappa shape index (κ1) is 11.4. The van der Waals surface area contributed by atoms with Crippen LogP contribution in [-0.2, 0) is 6.54 Å². The Morgan fingerprint density at radius 3 is 2.47 bits per heavy atom. The monoisotopic (exact) mass is 234 g/mol. The van der Waals surface area contributed by atoms with E-state index < -0.39 is 5.82 Å². The Morgan fingerprint density at radius 1 is 1.00 bits per heavy atom. The number of rotatable bonds is 3. The van der Waals surface area contributed by atoms with Gasteiger partial charge in [0, 0.05) is 6.54 Å². The van der Waals surface area contributed by atoms with Crippen molar-refractivity contribution in [2.45, 2.75) is 6.54 Å².